The van der Waals surface area contributed by atoms with Crippen molar-refractivity contribution < 1.29 is 18.1 Å². The van der Waals surface area contributed by atoms with E-state index >= 15 is 0 Å². The van der Waals surface area contributed by atoms with Crippen LogP contribution < -0.4 is 9.05 Å². The smallest absolute Gasteiger partial charge is 0.394 e. The van der Waals surface area contributed by atoms with Crippen LogP contribution in [0.2, 0.25) is 0 Å². The highest BCUT2D eigenvalue weighted by Crippen LogP contribution is 2.55. The maximum Gasteiger partial charge on any atom is 0.587 e. The molecule has 0 bridgehead atoms. The van der Waals surface area contributed by atoms with E-state index in [1.807, 2.05) is 0 Å². The van der Waals surface area contributed by atoms with Crippen LogP contribution >= 0.6 is 7.82 Å². The molecular weight excluding hydrogens is 407 g/mol. The highest BCUT2D eigenvalue weighted by atomic mass is 31.2. The highest BCUT2D eigenvalue weighted by Gasteiger charge is 2.36. The average molecular weight is 445 g/mol. The number of hydrogen-bond donors (Lipinski definition) is 0. The Morgan fingerprint density at radius 1 is 0.710 bits per heavy atom. The minimum Gasteiger partial charge on any atom is -0.394 e. The quantitative estimate of drug-likeness (QED) is 0.435. The number of phosphoric ester groups is 1. The van der Waals surface area contributed by atoms with Gasteiger partial charge in [0.25, 0.3) is 0 Å². The zero-order valence-electron chi connectivity index (χ0n) is 20.4. The molecule has 170 valence electrons. The van der Waals surface area contributed by atoms with E-state index in [0.717, 1.165) is 22.3 Å². The van der Waals surface area contributed by atoms with Gasteiger partial charge in [-0.25, -0.2) is 4.57 Å². The van der Waals surface area contributed by atoms with Crippen molar-refractivity contribution in [3.8, 4) is 11.5 Å². The number of rotatable bonds is 5. The van der Waals surface area contributed by atoms with Crippen LogP contribution in [0.1, 0.15) is 112 Å². The van der Waals surface area contributed by atoms with Gasteiger partial charge in [-0.3, -0.25) is 4.52 Å². The SMILES string of the molecule is COP1(=O)Oc2c(cc(C(C)C)cc2C(C)C)Cc2cc(C(C)C)cc(C(C)C)c2O1. The van der Waals surface area contributed by atoms with Crippen molar-refractivity contribution in [2.45, 2.75) is 85.5 Å². The lowest BCUT2D eigenvalue weighted by atomic mass is 9.87. The predicted octanol–water partition coefficient (Wildman–Crippen LogP) is 8.30. The largest absolute Gasteiger partial charge is 0.587 e. The molecule has 0 saturated carbocycles. The lowest BCUT2D eigenvalue weighted by Gasteiger charge is -2.29. The first-order valence-corrected chi connectivity index (χ1v) is 12.8. The molecule has 0 aromatic heterocycles. The van der Waals surface area contributed by atoms with Crippen molar-refractivity contribution in [1.82, 2.24) is 0 Å². The zero-order valence-corrected chi connectivity index (χ0v) is 21.3. The fourth-order valence-electron chi connectivity index (χ4n) is 4.01. The summed E-state index contributed by atoms with van der Waals surface area (Å²) in [6.07, 6.45) is 0.662. The van der Waals surface area contributed by atoms with E-state index in [0.29, 0.717) is 29.8 Å². The van der Waals surface area contributed by atoms with Gasteiger partial charge in [0.15, 0.2) is 0 Å². The molecule has 0 amide bonds. The molecule has 0 N–H and O–H groups in total. The van der Waals surface area contributed by atoms with Crippen LogP contribution in [0.4, 0.5) is 0 Å². The van der Waals surface area contributed by atoms with Gasteiger partial charge in [0.2, 0.25) is 0 Å². The molecular formula is C26H37O4P. The maximum atomic E-state index is 13.6. The molecule has 0 atom stereocenters. The molecule has 1 aliphatic rings. The zero-order chi connectivity index (χ0) is 23.1. The molecule has 0 spiro atoms. The summed E-state index contributed by atoms with van der Waals surface area (Å²) in [5.74, 6) is 2.46. The number of benzene rings is 2. The summed E-state index contributed by atoms with van der Waals surface area (Å²) in [4.78, 5) is 0. The van der Waals surface area contributed by atoms with Crippen molar-refractivity contribution in [3.05, 3.63) is 57.6 Å². The molecule has 0 fully saturated rings. The molecule has 0 unspecified atom stereocenters. The maximum absolute atomic E-state index is 13.6. The second-order valence-corrected chi connectivity index (χ2v) is 11.4. The normalized spacial score (nSPS) is 15.4. The molecule has 3 rings (SSSR count). The molecule has 31 heavy (non-hydrogen) atoms. The van der Waals surface area contributed by atoms with Gasteiger partial charge >= 0.3 is 7.82 Å². The Bertz CT molecular complexity index is 929. The number of phosphoric acid groups is 1. The van der Waals surface area contributed by atoms with Gasteiger partial charge in [-0.05, 0) is 57.1 Å². The number of hydrogen-bond acceptors (Lipinski definition) is 4. The molecule has 2 aromatic rings. The third kappa shape index (κ3) is 4.86. The van der Waals surface area contributed by atoms with E-state index in [1.54, 1.807) is 0 Å². The standard InChI is InChI=1S/C26H37O4P/c1-15(2)19-10-21-12-22-11-20(16(3)4)14-24(18(7)8)26(22)30-31(27,28-9)29-25(21)23(13-19)17(5)6/h10-11,13-18H,12H2,1-9H3. The van der Waals surface area contributed by atoms with Gasteiger partial charge < -0.3 is 9.05 Å². The molecule has 0 aliphatic carbocycles. The predicted molar refractivity (Wildman–Crippen MR) is 128 cm³/mol. The first kappa shape index (κ1) is 23.9. The van der Waals surface area contributed by atoms with E-state index < -0.39 is 7.82 Å². The molecule has 5 heteroatoms. The summed E-state index contributed by atoms with van der Waals surface area (Å²) in [7, 11) is -2.46. The molecule has 2 aromatic carbocycles. The summed E-state index contributed by atoms with van der Waals surface area (Å²) in [6.45, 7) is 17.3. The van der Waals surface area contributed by atoms with Crippen molar-refractivity contribution in [3.63, 3.8) is 0 Å². The van der Waals surface area contributed by atoms with Crippen LogP contribution in [0.15, 0.2) is 24.3 Å². The van der Waals surface area contributed by atoms with E-state index in [1.165, 1.54) is 18.2 Å². The van der Waals surface area contributed by atoms with Gasteiger partial charge in [-0.1, -0.05) is 79.7 Å². The van der Waals surface area contributed by atoms with Crippen LogP contribution in [0.3, 0.4) is 0 Å². The van der Waals surface area contributed by atoms with Crippen molar-refractivity contribution in [1.29, 1.82) is 0 Å². The van der Waals surface area contributed by atoms with Crippen LogP contribution in [-0.2, 0) is 15.5 Å². The Morgan fingerprint density at radius 2 is 1.10 bits per heavy atom. The minimum atomic E-state index is -3.84. The fourth-order valence-corrected chi connectivity index (χ4v) is 5.09. The molecule has 0 saturated heterocycles. The van der Waals surface area contributed by atoms with Crippen molar-refractivity contribution >= 4 is 7.82 Å². The van der Waals surface area contributed by atoms with E-state index in [9.17, 15) is 4.57 Å². The van der Waals surface area contributed by atoms with E-state index in [2.05, 4.69) is 79.7 Å². The van der Waals surface area contributed by atoms with Gasteiger partial charge in [-0.15, -0.1) is 0 Å². The second-order valence-electron chi connectivity index (χ2n) is 9.80. The summed E-state index contributed by atoms with van der Waals surface area (Å²) in [5, 5.41) is 0. The Labute approximate surface area is 187 Å². The van der Waals surface area contributed by atoms with Gasteiger partial charge in [0, 0.05) is 13.5 Å². The average Bonchev–Trinajstić information content (AvgIpc) is 2.67. The van der Waals surface area contributed by atoms with Crippen LogP contribution in [0.25, 0.3) is 0 Å². The Kier molecular flexibility index (Phi) is 6.93. The Hall–Kier alpha value is -1.77. The molecule has 4 nitrogen and oxygen atoms in total. The van der Waals surface area contributed by atoms with Crippen molar-refractivity contribution in [2.24, 2.45) is 0 Å². The first-order valence-electron chi connectivity index (χ1n) is 11.3. The van der Waals surface area contributed by atoms with E-state index in [-0.39, 0.29) is 11.8 Å². The second kappa shape index (κ2) is 9.00. The molecule has 1 heterocycles. The molecule has 1 aliphatic heterocycles. The van der Waals surface area contributed by atoms with Crippen LogP contribution in [0, 0.1) is 0 Å². The summed E-state index contributed by atoms with van der Waals surface area (Å²) < 4.78 is 31.1. The van der Waals surface area contributed by atoms with Crippen molar-refractivity contribution in [2.75, 3.05) is 7.11 Å². The van der Waals surface area contributed by atoms with E-state index in [4.69, 9.17) is 13.6 Å². The minimum absolute atomic E-state index is 0.213. The van der Waals surface area contributed by atoms with Crippen LogP contribution in [-0.4, -0.2) is 7.11 Å². The molecule has 0 radical (unpaired) electrons. The summed E-state index contributed by atoms with van der Waals surface area (Å²) in [6, 6.07) is 8.72. The van der Waals surface area contributed by atoms with Crippen LogP contribution in [0.5, 0.6) is 11.5 Å². The topological polar surface area (TPSA) is 44.8 Å². The van der Waals surface area contributed by atoms with Gasteiger partial charge in [0.05, 0.1) is 0 Å². The summed E-state index contributed by atoms with van der Waals surface area (Å²) in [5.41, 5.74) is 6.65. The van der Waals surface area contributed by atoms with Gasteiger partial charge in [0.1, 0.15) is 11.5 Å². The fraction of sp³-hybridized carbons (Fsp3) is 0.538. The Morgan fingerprint density at radius 3 is 1.39 bits per heavy atom. The Balaban J connectivity index is 2.35. The van der Waals surface area contributed by atoms with Gasteiger partial charge in [-0.2, -0.15) is 0 Å². The lowest BCUT2D eigenvalue weighted by molar-refractivity contribution is 0.245. The lowest BCUT2D eigenvalue weighted by Crippen LogP contribution is -2.14. The monoisotopic (exact) mass is 444 g/mol. The summed E-state index contributed by atoms with van der Waals surface area (Å²) >= 11 is 0. The first-order chi connectivity index (χ1) is 14.5. The third-order valence-electron chi connectivity index (χ3n) is 6.02. The third-order valence-corrected chi connectivity index (χ3v) is 7.28. The number of fused-ring (bicyclic) bond motifs is 2. The highest BCUT2D eigenvalue weighted by molar-refractivity contribution is 7.49.